The number of fused-ring (bicyclic) bond motifs is 2. The first-order chi connectivity index (χ1) is 14.7. The highest BCUT2D eigenvalue weighted by molar-refractivity contribution is 5.76. The largest absolute Gasteiger partial charge is 0.346 e. The summed E-state index contributed by atoms with van der Waals surface area (Å²) in [6.07, 6.45) is 3.97. The molecule has 3 aromatic rings. The van der Waals surface area contributed by atoms with Gasteiger partial charge in [-0.1, -0.05) is 61.0 Å². The molecule has 0 spiro atoms. The van der Waals surface area contributed by atoms with Gasteiger partial charge < -0.3 is 4.90 Å². The van der Waals surface area contributed by atoms with Crippen molar-refractivity contribution in [3.05, 3.63) is 87.6 Å². The lowest BCUT2D eigenvalue weighted by molar-refractivity contribution is -0.133. The van der Waals surface area contributed by atoms with E-state index in [9.17, 15) is 9.59 Å². The van der Waals surface area contributed by atoms with Gasteiger partial charge in [0.25, 0.3) is 0 Å². The molecule has 0 unspecified atom stereocenters. The van der Waals surface area contributed by atoms with Gasteiger partial charge >= 0.3 is 5.69 Å². The Morgan fingerprint density at radius 1 is 1.00 bits per heavy atom. The number of hydrogen-bond donors (Lipinski definition) is 0. The molecule has 6 heteroatoms. The fourth-order valence-corrected chi connectivity index (χ4v) is 4.72. The molecule has 0 aliphatic carbocycles. The second-order valence-corrected chi connectivity index (χ2v) is 8.26. The van der Waals surface area contributed by atoms with Crippen LogP contribution >= 0.6 is 0 Å². The number of rotatable bonds is 3. The van der Waals surface area contributed by atoms with Crippen molar-refractivity contribution in [1.82, 2.24) is 19.2 Å². The fraction of sp³-hybridized carbons (Fsp3) is 0.375. The molecule has 2 aliphatic heterocycles. The zero-order chi connectivity index (χ0) is 20.5. The molecule has 5 rings (SSSR count). The number of aromatic nitrogens is 3. The topological polar surface area (TPSA) is 60.1 Å². The highest BCUT2D eigenvalue weighted by Gasteiger charge is 2.29. The number of hydrogen-bond acceptors (Lipinski definition) is 3. The van der Waals surface area contributed by atoms with E-state index in [-0.39, 0.29) is 24.1 Å². The maximum Gasteiger partial charge on any atom is 0.346 e. The monoisotopic (exact) mass is 402 g/mol. The summed E-state index contributed by atoms with van der Waals surface area (Å²) in [5, 5.41) is 4.49. The SMILES string of the molecule is O=C(Cn1nc2n(c1=O)CCCCC2)N1Cc2ccccc2[C@@H](c2ccccc2)C1. The molecule has 1 aromatic heterocycles. The maximum atomic E-state index is 13.2. The van der Waals surface area contributed by atoms with Crippen LogP contribution in [0, 0.1) is 0 Å². The number of nitrogens with zero attached hydrogens (tertiary/aromatic N) is 4. The summed E-state index contributed by atoms with van der Waals surface area (Å²) in [7, 11) is 0. The second-order valence-electron chi connectivity index (χ2n) is 8.26. The Morgan fingerprint density at radius 3 is 2.67 bits per heavy atom. The minimum atomic E-state index is -0.155. The molecule has 0 bridgehead atoms. The van der Waals surface area contributed by atoms with E-state index in [0.717, 1.165) is 31.5 Å². The minimum Gasteiger partial charge on any atom is -0.336 e. The van der Waals surface area contributed by atoms with Gasteiger partial charge in [-0.05, 0) is 29.5 Å². The van der Waals surface area contributed by atoms with Crippen LogP contribution in [0.25, 0.3) is 0 Å². The first-order valence-corrected chi connectivity index (χ1v) is 10.8. The van der Waals surface area contributed by atoms with Gasteiger partial charge in [0.05, 0.1) is 0 Å². The number of carbonyl (C=O) groups excluding carboxylic acids is 1. The summed E-state index contributed by atoms with van der Waals surface area (Å²) >= 11 is 0. The molecule has 0 saturated carbocycles. The predicted octanol–water partition coefficient (Wildman–Crippen LogP) is 2.95. The fourth-order valence-electron chi connectivity index (χ4n) is 4.72. The average Bonchev–Trinajstić information content (AvgIpc) is 2.94. The molecule has 1 amide bonds. The quantitative estimate of drug-likeness (QED) is 0.677. The Bertz CT molecular complexity index is 1120. The molecule has 30 heavy (non-hydrogen) atoms. The lowest BCUT2D eigenvalue weighted by atomic mass is 9.84. The Kier molecular flexibility index (Phi) is 4.99. The van der Waals surface area contributed by atoms with E-state index >= 15 is 0 Å². The van der Waals surface area contributed by atoms with Crippen LogP contribution in [0.1, 0.15) is 47.7 Å². The smallest absolute Gasteiger partial charge is 0.336 e. The molecule has 2 aromatic carbocycles. The van der Waals surface area contributed by atoms with Crippen LogP contribution in [0.3, 0.4) is 0 Å². The van der Waals surface area contributed by atoms with Crippen molar-refractivity contribution in [3.8, 4) is 0 Å². The van der Waals surface area contributed by atoms with Gasteiger partial charge in [-0.15, -0.1) is 0 Å². The van der Waals surface area contributed by atoms with Gasteiger partial charge in [-0.2, -0.15) is 5.10 Å². The number of benzene rings is 2. The van der Waals surface area contributed by atoms with Crippen LogP contribution in [0.15, 0.2) is 59.4 Å². The highest BCUT2D eigenvalue weighted by Crippen LogP contribution is 2.33. The van der Waals surface area contributed by atoms with Crippen molar-refractivity contribution in [2.75, 3.05) is 6.54 Å². The van der Waals surface area contributed by atoms with E-state index in [4.69, 9.17) is 0 Å². The summed E-state index contributed by atoms with van der Waals surface area (Å²) in [5.74, 6) is 0.896. The van der Waals surface area contributed by atoms with Crippen LogP contribution in [-0.4, -0.2) is 31.7 Å². The van der Waals surface area contributed by atoms with E-state index < -0.39 is 0 Å². The second kappa shape index (κ2) is 7.94. The first kappa shape index (κ1) is 18.9. The lowest BCUT2D eigenvalue weighted by Crippen LogP contribution is -2.42. The Labute approximate surface area is 175 Å². The van der Waals surface area contributed by atoms with Crippen LogP contribution in [0.2, 0.25) is 0 Å². The van der Waals surface area contributed by atoms with Gasteiger partial charge in [-0.25, -0.2) is 9.48 Å². The Hall–Kier alpha value is -3.15. The molecular formula is C24H26N4O2. The van der Waals surface area contributed by atoms with E-state index in [0.29, 0.717) is 19.6 Å². The normalized spacial score (nSPS) is 18.4. The summed E-state index contributed by atoms with van der Waals surface area (Å²) in [6.45, 7) is 1.89. The van der Waals surface area contributed by atoms with Crippen molar-refractivity contribution >= 4 is 5.91 Å². The standard InChI is InChI=1S/C24H26N4O2/c29-23(17-28-24(30)27-14-8-2-5-13-22(27)25-28)26-15-19-11-6-7-12-20(19)21(16-26)18-9-3-1-4-10-18/h1,3-4,6-7,9-12,21H,2,5,8,13-17H2/t21-/m1/s1. The van der Waals surface area contributed by atoms with Gasteiger partial charge in [-0.3, -0.25) is 9.36 Å². The van der Waals surface area contributed by atoms with Crippen molar-refractivity contribution in [3.63, 3.8) is 0 Å². The maximum absolute atomic E-state index is 13.2. The van der Waals surface area contributed by atoms with E-state index in [2.05, 4.69) is 35.4 Å². The van der Waals surface area contributed by atoms with Crippen LogP contribution < -0.4 is 5.69 Å². The van der Waals surface area contributed by atoms with Gasteiger partial charge in [0.1, 0.15) is 12.4 Å². The third-order valence-electron chi connectivity index (χ3n) is 6.32. The summed E-state index contributed by atoms with van der Waals surface area (Å²) < 4.78 is 3.11. The van der Waals surface area contributed by atoms with E-state index in [1.165, 1.54) is 21.4 Å². The lowest BCUT2D eigenvalue weighted by Gasteiger charge is -2.35. The Morgan fingerprint density at radius 2 is 1.80 bits per heavy atom. The van der Waals surface area contributed by atoms with Crippen LogP contribution in [-0.2, 0) is 30.8 Å². The zero-order valence-corrected chi connectivity index (χ0v) is 17.0. The van der Waals surface area contributed by atoms with Gasteiger partial charge in [0, 0.05) is 32.0 Å². The number of carbonyl (C=O) groups is 1. The number of amides is 1. The van der Waals surface area contributed by atoms with Crippen LogP contribution in [0.4, 0.5) is 0 Å². The molecular weight excluding hydrogens is 376 g/mol. The summed E-state index contributed by atoms with van der Waals surface area (Å²) in [5.41, 5.74) is 3.49. The van der Waals surface area contributed by atoms with E-state index in [1.54, 1.807) is 4.57 Å². The first-order valence-electron chi connectivity index (χ1n) is 10.8. The molecule has 0 saturated heterocycles. The molecule has 154 valence electrons. The van der Waals surface area contributed by atoms with E-state index in [1.807, 2.05) is 29.2 Å². The van der Waals surface area contributed by atoms with Gasteiger partial charge in [0.2, 0.25) is 5.91 Å². The molecule has 6 nitrogen and oxygen atoms in total. The molecule has 0 N–H and O–H groups in total. The minimum absolute atomic E-state index is 0.00249. The Balaban J connectivity index is 1.41. The molecule has 2 aliphatic rings. The molecule has 3 heterocycles. The average molecular weight is 402 g/mol. The zero-order valence-electron chi connectivity index (χ0n) is 17.0. The third kappa shape index (κ3) is 3.47. The molecule has 0 radical (unpaired) electrons. The molecule has 1 atom stereocenters. The predicted molar refractivity (Wildman–Crippen MR) is 114 cm³/mol. The van der Waals surface area contributed by atoms with Crippen molar-refractivity contribution < 1.29 is 4.79 Å². The van der Waals surface area contributed by atoms with Crippen LogP contribution in [0.5, 0.6) is 0 Å². The van der Waals surface area contributed by atoms with Crippen molar-refractivity contribution in [2.24, 2.45) is 0 Å². The van der Waals surface area contributed by atoms with Crippen molar-refractivity contribution in [2.45, 2.75) is 51.2 Å². The summed E-state index contributed by atoms with van der Waals surface area (Å²) in [6, 6.07) is 18.7. The number of aryl methyl sites for hydroxylation is 1. The molecule has 0 fully saturated rings. The highest BCUT2D eigenvalue weighted by atomic mass is 16.2. The van der Waals surface area contributed by atoms with Gasteiger partial charge in [0.15, 0.2) is 0 Å². The van der Waals surface area contributed by atoms with Crippen molar-refractivity contribution in [1.29, 1.82) is 0 Å². The summed E-state index contributed by atoms with van der Waals surface area (Å²) in [4.78, 5) is 27.8. The third-order valence-corrected chi connectivity index (χ3v) is 6.32.